The number of hydrogen-bond donors (Lipinski definition) is 0. The smallest absolute Gasteiger partial charge is 0.264 e. The highest BCUT2D eigenvalue weighted by molar-refractivity contribution is 9.11. The van der Waals surface area contributed by atoms with Crippen molar-refractivity contribution in [2.75, 3.05) is 0 Å². The number of halogens is 2. The Labute approximate surface area is 77.2 Å². The normalized spacial score (nSPS) is 34.6. The van der Waals surface area contributed by atoms with E-state index in [1.54, 1.807) is 0 Å². The lowest BCUT2D eigenvalue weighted by molar-refractivity contribution is -0.557. The van der Waals surface area contributed by atoms with E-state index < -0.39 is 16.6 Å². The molecule has 3 nitrogen and oxygen atoms in total. The largest absolute Gasteiger partial charge is 0.272 e. The minimum atomic E-state index is -1.61. The Morgan fingerprint density at radius 1 is 1.83 bits per heavy atom. The third-order valence-corrected chi connectivity index (χ3v) is 2.37. The second-order valence-electron chi connectivity index (χ2n) is 2.77. The summed E-state index contributed by atoms with van der Waals surface area (Å²) in [6.45, 7) is 1.25. The van der Waals surface area contributed by atoms with Crippen molar-refractivity contribution in [3.63, 3.8) is 0 Å². The molecule has 0 aromatic carbocycles. The van der Waals surface area contributed by atoms with E-state index in [9.17, 15) is 14.5 Å². The van der Waals surface area contributed by atoms with E-state index in [-0.39, 0.29) is 0 Å². The maximum atomic E-state index is 13.1. The lowest BCUT2D eigenvalue weighted by Gasteiger charge is -2.21. The van der Waals surface area contributed by atoms with E-state index in [0.29, 0.717) is 4.48 Å². The van der Waals surface area contributed by atoms with E-state index in [2.05, 4.69) is 15.9 Å². The van der Waals surface area contributed by atoms with Crippen molar-refractivity contribution in [3.8, 4) is 0 Å². The Morgan fingerprint density at radius 3 is 2.83 bits per heavy atom. The van der Waals surface area contributed by atoms with Gasteiger partial charge in [-0.05, 0) is 18.2 Å². The maximum Gasteiger partial charge on any atom is 0.272 e. The van der Waals surface area contributed by atoms with Gasteiger partial charge in [0.25, 0.3) is 5.54 Å². The van der Waals surface area contributed by atoms with Crippen LogP contribution in [0.3, 0.4) is 0 Å². The molecule has 1 rings (SSSR count). The van der Waals surface area contributed by atoms with Crippen LogP contribution in [0.5, 0.6) is 0 Å². The van der Waals surface area contributed by atoms with Crippen molar-refractivity contribution in [2.45, 2.75) is 18.6 Å². The Morgan fingerprint density at radius 2 is 2.42 bits per heavy atom. The number of alkyl halides is 1. The first-order valence-corrected chi connectivity index (χ1v) is 4.11. The standard InChI is InChI=1S/C7H7BrFNO2/c1-7(10(11)12)3-2-5(8)4-6(7)9/h2-4,6H,1H3. The molecule has 0 amide bonds. The topological polar surface area (TPSA) is 43.1 Å². The van der Waals surface area contributed by atoms with Crippen LogP contribution in [0.15, 0.2) is 22.7 Å². The van der Waals surface area contributed by atoms with Crippen molar-refractivity contribution < 1.29 is 9.31 Å². The molecule has 0 N–H and O–H groups in total. The lowest BCUT2D eigenvalue weighted by atomic mass is 9.93. The first-order chi connectivity index (χ1) is 5.47. The van der Waals surface area contributed by atoms with E-state index in [1.165, 1.54) is 25.2 Å². The molecule has 1 aliphatic carbocycles. The van der Waals surface area contributed by atoms with Crippen molar-refractivity contribution in [1.29, 1.82) is 0 Å². The highest BCUT2D eigenvalue weighted by Crippen LogP contribution is 2.28. The van der Waals surface area contributed by atoms with Gasteiger partial charge in [-0.3, -0.25) is 10.1 Å². The van der Waals surface area contributed by atoms with Gasteiger partial charge >= 0.3 is 0 Å². The molecule has 0 aromatic heterocycles. The average molecular weight is 236 g/mol. The van der Waals surface area contributed by atoms with Gasteiger partial charge in [0.1, 0.15) is 0 Å². The Bertz CT molecular complexity index is 277. The van der Waals surface area contributed by atoms with Gasteiger partial charge in [-0.1, -0.05) is 15.9 Å². The predicted octanol–water partition coefficient (Wildman–Crippen LogP) is 2.21. The van der Waals surface area contributed by atoms with Gasteiger partial charge in [0.2, 0.25) is 0 Å². The van der Waals surface area contributed by atoms with Crippen LogP contribution in [-0.2, 0) is 0 Å². The van der Waals surface area contributed by atoms with Crippen molar-refractivity contribution in [1.82, 2.24) is 0 Å². The van der Waals surface area contributed by atoms with Crippen molar-refractivity contribution >= 4 is 15.9 Å². The third-order valence-electron chi connectivity index (χ3n) is 1.84. The molecule has 0 bridgehead atoms. The first-order valence-electron chi connectivity index (χ1n) is 3.32. The fourth-order valence-corrected chi connectivity index (χ4v) is 1.23. The minimum absolute atomic E-state index is 0.536. The van der Waals surface area contributed by atoms with Crippen LogP contribution in [0.2, 0.25) is 0 Å². The van der Waals surface area contributed by atoms with Crippen LogP contribution in [0, 0.1) is 10.1 Å². The number of nitro groups is 1. The van der Waals surface area contributed by atoms with Gasteiger partial charge in [0.15, 0.2) is 6.17 Å². The molecular weight excluding hydrogens is 229 g/mol. The first kappa shape index (κ1) is 9.38. The summed E-state index contributed by atoms with van der Waals surface area (Å²) < 4.78 is 13.7. The molecule has 5 heteroatoms. The molecule has 0 saturated carbocycles. The van der Waals surface area contributed by atoms with Crippen molar-refractivity contribution in [2.24, 2.45) is 0 Å². The Balaban J connectivity index is 2.99. The summed E-state index contributed by atoms with van der Waals surface area (Å²) >= 11 is 3.04. The van der Waals surface area contributed by atoms with Gasteiger partial charge in [-0.2, -0.15) is 0 Å². The number of hydrogen-bond acceptors (Lipinski definition) is 2. The lowest BCUT2D eigenvalue weighted by Crippen LogP contribution is -2.42. The van der Waals surface area contributed by atoms with Gasteiger partial charge in [-0.15, -0.1) is 0 Å². The second-order valence-corrected chi connectivity index (χ2v) is 3.69. The molecule has 0 fully saturated rings. The molecule has 66 valence electrons. The molecule has 12 heavy (non-hydrogen) atoms. The number of allylic oxidation sites excluding steroid dienone is 2. The zero-order chi connectivity index (χ0) is 9.35. The SMILES string of the molecule is CC1([N+](=O)[O-])C=CC(Br)=CC1F. The Hall–Kier alpha value is -0.710. The van der Waals surface area contributed by atoms with Crippen LogP contribution in [-0.4, -0.2) is 16.6 Å². The summed E-state index contributed by atoms with van der Waals surface area (Å²) in [7, 11) is 0. The summed E-state index contributed by atoms with van der Waals surface area (Å²) in [6, 6.07) is 0. The summed E-state index contributed by atoms with van der Waals surface area (Å²) in [5.41, 5.74) is -1.61. The fourth-order valence-electron chi connectivity index (χ4n) is 0.866. The molecule has 0 saturated heterocycles. The quantitative estimate of drug-likeness (QED) is 0.517. The predicted molar refractivity (Wildman–Crippen MR) is 46.4 cm³/mol. The number of nitrogens with zero attached hydrogens (tertiary/aromatic N) is 1. The van der Waals surface area contributed by atoms with Gasteiger partial charge < -0.3 is 0 Å². The monoisotopic (exact) mass is 235 g/mol. The number of rotatable bonds is 1. The molecule has 0 aromatic rings. The summed E-state index contributed by atoms with van der Waals surface area (Å²) in [5.74, 6) is 0. The van der Waals surface area contributed by atoms with Crippen molar-refractivity contribution in [3.05, 3.63) is 32.8 Å². The van der Waals surface area contributed by atoms with E-state index in [1.807, 2.05) is 0 Å². The van der Waals surface area contributed by atoms with Gasteiger partial charge in [-0.25, -0.2) is 4.39 Å². The second kappa shape index (κ2) is 2.97. The Kier molecular flexibility index (Phi) is 2.32. The maximum absolute atomic E-state index is 13.1. The fraction of sp³-hybridized carbons (Fsp3) is 0.429. The summed E-state index contributed by atoms with van der Waals surface area (Å²) in [5, 5.41) is 10.5. The molecule has 0 radical (unpaired) electrons. The van der Waals surface area contributed by atoms with Crippen LogP contribution >= 0.6 is 15.9 Å². The molecule has 0 spiro atoms. The highest BCUT2D eigenvalue weighted by atomic mass is 79.9. The highest BCUT2D eigenvalue weighted by Gasteiger charge is 2.44. The molecule has 2 unspecified atom stereocenters. The zero-order valence-electron chi connectivity index (χ0n) is 6.33. The molecule has 1 aliphatic rings. The molecule has 0 heterocycles. The van der Waals surface area contributed by atoms with E-state index >= 15 is 0 Å². The molecular formula is C7H7BrFNO2. The van der Waals surface area contributed by atoms with Gasteiger partial charge in [0, 0.05) is 16.3 Å². The molecule has 0 aliphatic heterocycles. The van der Waals surface area contributed by atoms with Crippen LogP contribution in [0.1, 0.15) is 6.92 Å². The van der Waals surface area contributed by atoms with E-state index in [4.69, 9.17) is 0 Å². The summed E-state index contributed by atoms with van der Waals surface area (Å²) in [4.78, 5) is 9.84. The average Bonchev–Trinajstić information content (AvgIpc) is 1.97. The zero-order valence-corrected chi connectivity index (χ0v) is 7.92. The van der Waals surface area contributed by atoms with E-state index in [0.717, 1.165) is 0 Å². The third kappa shape index (κ3) is 1.41. The van der Waals surface area contributed by atoms with Crippen LogP contribution < -0.4 is 0 Å². The molecule has 2 atom stereocenters. The van der Waals surface area contributed by atoms with Crippen LogP contribution in [0.25, 0.3) is 0 Å². The minimum Gasteiger partial charge on any atom is -0.264 e. The van der Waals surface area contributed by atoms with Gasteiger partial charge in [0.05, 0.1) is 0 Å². The van der Waals surface area contributed by atoms with Crippen LogP contribution in [0.4, 0.5) is 4.39 Å². The summed E-state index contributed by atoms with van der Waals surface area (Å²) in [6.07, 6.45) is 2.34.